The maximum absolute atomic E-state index is 9.91. The second-order valence-electron chi connectivity index (χ2n) is 8.40. The maximum atomic E-state index is 9.91. The number of aromatic hydroxyl groups is 1. The van der Waals surface area contributed by atoms with Gasteiger partial charge in [-0.25, -0.2) is 0 Å². The molecular weight excluding hydrogens is 258 g/mol. The quantitative estimate of drug-likeness (QED) is 0.825. The molecule has 2 heteroatoms. The Balaban J connectivity index is 1.76. The third-order valence-electron chi connectivity index (χ3n) is 7.03. The molecule has 4 atom stereocenters. The Hall–Kier alpha value is -1.02. The summed E-state index contributed by atoms with van der Waals surface area (Å²) in [6.07, 6.45) is 5.35. The average molecular weight is 286 g/mol. The number of piperidine rings is 1. The van der Waals surface area contributed by atoms with Crippen molar-refractivity contribution in [2.75, 3.05) is 20.1 Å². The Bertz CT molecular complexity index is 579. The van der Waals surface area contributed by atoms with Crippen LogP contribution in [0.1, 0.15) is 44.2 Å². The first kappa shape index (κ1) is 13.6. The third-order valence-corrected chi connectivity index (χ3v) is 7.03. The molecule has 1 saturated heterocycles. The van der Waals surface area contributed by atoms with Crippen molar-refractivity contribution in [2.45, 2.75) is 51.0 Å². The molecule has 114 valence electrons. The van der Waals surface area contributed by atoms with E-state index < -0.39 is 0 Å². The molecule has 3 aliphatic rings. The SMILES string of the molecule is CC1C2Cc3ccc(O)cc3C1(C)CC[N+]2(C)CC1CC1. The minimum absolute atomic E-state index is 0.248. The Labute approximate surface area is 128 Å². The van der Waals surface area contributed by atoms with E-state index in [1.165, 1.54) is 54.4 Å². The second kappa shape index (κ2) is 4.25. The zero-order valence-electron chi connectivity index (χ0n) is 13.6. The molecule has 1 aromatic carbocycles. The molecule has 1 aliphatic heterocycles. The number of quaternary nitrogens is 1. The second-order valence-corrected chi connectivity index (χ2v) is 8.40. The first-order valence-corrected chi connectivity index (χ1v) is 8.59. The molecule has 0 spiro atoms. The van der Waals surface area contributed by atoms with Gasteiger partial charge in [-0.15, -0.1) is 0 Å². The normalized spacial score (nSPS) is 41.7. The van der Waals surface area contributed by atoms with Crippen molar-refractivity contribution >= 4 is 0 Å². The van der Waals surface area contributed by atoms with E-state index in [1.807, 2.05) is 12.1 Å². The van der Waals surface area contributed by atoms with E-state index in [9.17, 15) is 5.11 Å². The molecular formula is C19H28NO+. The first-order valence-electron chi connectivity index (χ1n) is 8.59. The zero-order chi connectivity index (χ0) is 14.8. The summed E-state index contributed by atoms with van der Waals surface area (Å²) in [6.45, 7) is 7.58. The first-order chi connectivity index (χ1) is 9.92. The molecule has 0 aromatic heterocycles. The van der Waals surface area contributed by atoms with Gasteiger partial charge in [0.2, 0.25) is 0 Å². The van der Waals surface area contributed by atoms with Gasteiger partial charge in [-0.3, -0.25) is 0 Å². The maximum Gasteiger partial charge on any atom is 0.115 e. The van der Waals surface area contributed by atoms with Crippen LogP contribution in [0.3, 0.4) is 0 Å². The molecule has 1 aromatic rings. The van der Waals surface area contributed by atoms with Gasteiger partial charge in [0.05, 0.1) is 26.2 Å². The highest BCUT2D eigenvalue weighted by Gasteiger charge is 2.55. The van der Waals surface area contributed by atoms with Gasteiger partial charge in [0.15, 0.2) is 0 Å². The van der Waals surface area contributed by atoms with Gasteiger partial charge in [-0.05, 0) is 36.1 Å². The van der Waals surface area contributed by atoms with Crippen molar-refractivity contribution in [2.24, 2.45) is 11.8 Å². The fraction of sp³-hybridized carbons (Fsp3) is 0.684. The fourth-order valence-electron chi connectivity index (χ4n) is 5.24. The third kappa shape index (κ3) is 1.95. The molecule has 1 heterocycles. The summed E-state index contributed by atoms with van der Waals surface area (Å²) in [5, 5.41) is 9.91. The van der Waals surface area contributed by atoms with Gasteiger partial charge in [-0.1, -0.05) is 19.9 Å². The van der Waals surface area contributed by atoms with Crippen LogP contribution in [0.2, 0.25) is 0 Å². The average Bonchev–Trinajstić information content (AvgIpc) is 3.24. The number of nitrogens with zero attached hydrogens (tertiary/aromatic N) is 1. The Morgan fingerprint density at radius 2 is 2.10 bits per heavy atom. The summed E-state index contributed by atoms with van der Waals surface area (Å²) in [5.74, 6) is 2.12. The lowest BCUT2D eigenvalue weighted by atomic mass is 9.58. The van der Waals surface area contributed by atoms with Crippen LogP contribution >= 0.6 is 0 Å². The van der Waals surface area contributed by atoms with Crippen molar-refractivity contribution in [3.63, 3.8) is 0 Å². The van der Waals surface area contributed by atoms with E-state index in [1.54, 1.807) is 0 Å². The lowest BCUT2D eigenvalue weighted by Crippen LogP contribution is -2.67. The Morgan fingerprint density at radius 3 is 2.81 bits per heavy atom. The molecule has 4 rings (SSSR count). The molecule has 2 fully saturated rings. The highest BCUT2D eigenvalue weighted by Crippen LogP contribution is 2.52. The monoisotopic (exact) mass is 286 g/mol. The molecule has 2 bridgehead atoms. The van der Waals surface area contributed by atoms with Crippen molar-refractivity contribution in [3.05, 3.63) is 29.3 Å². The Morgan fingerprint density at radius 1 is 1.33 bits per heavy atom. The largest absolute Gasteiger partial charge is 0.508 e. The number of phenolic OH excluding ortho intramolecular Hbond substituents is 1. The van der Waals surface area contributed by atoms with Crippen LogP contribution in [0.15, 0.2) is 18.2 Å². The molecule has 2 nitrogen and oxygen atoms in total. The van der Waals surface area contributed by atoms with Crippen molar-refractivity contribution in [1.29, 1.82) is 0 Å². The van der Waals surface area contributed by atoms with Gasteiger partial charge in [0.25, 0.3) is 0 Å². The van der Waals surface area contributed by atoms with Crippen LogP contribution in [-0.2, 0) is 11.8 Å². The number of hydrogen-bond acceptors (Lipinski definition) is 1. The summed E-state index contributed by atoms with van der Waals surface area (Å²) in [5.41, 5.74) is 3.15. The number of fused-ring (bicyclic) bond motifs is 4. The van der Waals surface area contributed by atoms with Gasteiger partial charge in [-0.2, -0.15) is 0 Å². The zero-order valence-corrected chi connectivity index (χ0v) is 13.6. The molecule has 4 unspecified atom stereocenters. The van der Waals surface area contributed by atoms with Crippen LogP contribution < -0.4 is 0 Å². The van der Waals surface area contributed by atoms with Gasteiger partial charge in [0.1, 0.15) is 5.75 Å². The van der Waals surface area contributed by atoms with E-state index in [0.29, 0.717) is 11.7 Å². The molecule has 1 N–H and O–H groups in total. The van der Waals surface area contributed by atoms with E-state index >= 15 is 0 Å². The number of hydrogen-bond donors (Lipinski definition) is 1. The minimum atomic E-state index is 0.248. The predicted molar refractivity (Wildman–Crippen MR) is 85.4 cm³/mol. The molecule has 0 amide bonds. The van der Waals surface area contributed by atoms with Crippen LogP contribution in [0.25, 0.3) is 0 Å². The van der Waals surface area contributed by atoms with E-state index in [2.05, 4.69) is 27.0 Å². The summed E-state index contributed by atoms with van der Waals surface area (Å²) in [4.78, 5) is 0. The number of phenols is 1. The molecule has 21 heavy (non-hydrogen) atoms. The summed E-state index contributed by atoms with van der Waals surface area (Å²) in [7, 11) is 2.50. The van der Waals surface area contributed by atoms with Gasteiger partial charge >= 0.3 is 0 Å². The number of likely N-dealkylation sites (N-methyl/N-ethyl adjacent to an activating group) is 1. The number of benzene rings is 1. The summed E-state index contributed by atoms with van der Waals surface area (Å²) in [6, 6.07) is 6.84. The van der Waals surface area contributed by atoms with E-state index in [-0.39, 0.29) is 5.41 Å². The van der Waals surface area contributed by atoms with Crippen LogP contribution in [-0.4, -0.2) is 35.8 Å². The predicted octanol–water partition coefficient (Wildman–Crippen LogP) is 3.47. The summed E-state index contributed by atoms with van der Waals surface area (Å²) >= 11 is 0. The Kier molecular flexibility index (Phi) is 2.76. The van der Waals surface area contributed by atoms with Gasteiger partial charge in [0, 0.05) is 30.1 Å². The van der Waals surface area contributed by atoms with E-state index in [4.69, 9.17) is 0 Å². The number of rotatable bonds is 2. The molecule has 1 saturated carbocycles. The smallest absolute Gasteiger partial charge is 0.115 e. The number of likely N-dealkylation sites (tertiary alicyclic amines) is 1. The van der Waals surface area contributed by atoms with E-state index in [0.717, 1.165) is 12.0 Å². The van der Waals surface area contributed by atoms with Crippen molar-refractivity contribution in [3.8, 4) is 5.75 Å². The summed E-state index contributed by atoms with van der Waals surface area (Å²) < 4.78 is 1.28. The lowest BCUT2D eigenvalue weighted by molar-refractivity contribution is -0.946. The minimum Gasteiger partial charge on any atom is -0.508 e. The highest BCUT2D eigenvalue weighted by molar-refractivity contribution is 5.43. The van der Waals surface area contributed by atoms with Gasteiger partial charge < -0.3 is 9.59 Å². The molecule has 2 aliphatic carbocycles. The highest BCUT2D eigenvalue weighted by atomic mass is 16.3. The van der Waals surface area contributed by atoms with Crippen molar-refractivity contribution in [1.82, 2.24) is 0 Å². The van der Waals surface area contributed by atoms with Crippen LogP contribution in [0.5, 0.6) is 5.75 Å². The van der Waals surface area contributed by atoms with Crippen LogP contribution in [0.4, 0.5) is 0 Å². The molecule has 0 radical (unpaired) electrons. The fourth-order valence-corrected chi connectivity index (χ4v) is 5.24. The van der Waals surface area contributed by atoms with Crippen LogP contribution in [0, 0.1) is 11.8 Å². The topological polar surface area (TPSA) is 20.2 Å². The standard InChI is InChI=1S/C19H27NO/c1-13-18-10-15-6-7-16(21)11-17(15)19(13,2)8-9-20(18,3)12-14-4-5-14/h6-7,11,13-14,18H,4-5,8-10,12H2,1-3H3/p+1. The lowest BCUT2D eigenvalue weighted by Gasteiger charge is -2.58. The van der Waals surface area contributed by atoms with Crippen molar-refractivity contribution < 1.29 is 9.59 Å².